The van der Waals surface area contributed by atoms with Gasteiger partial charge in [0.2, 0.25) is 0 Å². The average molecular weight is 487 g/mol. The van der Waals surface area contributed by atoms with Gasteiger partial charge in [-0.2, -0.15) is 5.26 Å². The topological polar surface area (TPSA) is 97.7 Å². The van der Waals surface area contributed by atoms with E-state index in [2.05, 4.69) is 26.0 Å². The van der Waals surface area contributed by atoms with Gasteiger partial charge in [-0.3, -0.25) is 4.79 Å². The Labute approximate surface area is 189 Å². The average Bonchev–Trinajstić information content (AvgIpc) is 2.74. The van der Waals surface area contributed by atoms with Gasteiger partial charge in [0.15, 0.2) is 11.5 Å². The Bertz CT molecular complexity index is 1020. The van der Waals surface area contributed by atoms with Crippen LogP contribution in [0.25, 0.3) is 6.08 Å². The van der Waals surface area contributed by atoms with E-state index >= 15 is 0 Å². The predicted molar refractivity (Wildman–Crippen MR) is 121 cm³/mol. The molecule has 162 valence electrons. The second kappa shape index (κ2) is 11.2. The molecule has 0 atom stereocenters. The minimum Gasteiger partial charge on any atom is -0.490 e. The fourth-order valence-corrected chi connectivity index (χ4v) is 3.16. The summed E-state index contributed by atoms with van der Waals surface area (Å²) in [7, 11) is 1.29. The number of halogens is 1. The number of anilines is 1. The first kappa shape index (κ1) is 24.0. The van der Waals surface area contributed by atoms with E-state index in [1.54, 1.807) is 24.3 Å². The molecule has 0 fully saturated rings. The first-order valence-electron chi connectivity index (χ1n) is 9.53. The molecule has 8 heteroatoms. The number of rotatable bonds is 8. The van der Waals surface area contributed by atoms with Crippen molar-refractivity contribution < 1.29 is 23.8 Å². The molecule has 0 saturated carbocycles. The van der Waals surface area contributed by atoms with Crippen LogP contribution in [-0.4, -0.2) is 31.7 Å². The van der Waals surface area contributed by atoms with Gasteiger partial charge < -0.3 is 19.5 Å². The largest absolute Gasteiger partial charge is 0.490 e. The van der Waals surface area contributed by atoms with Crippen LogP contribution in [-0.2, 0) is 9.53 Å². The molecule has 0 aliphatic carbocycles. The molecule has 0 spiro atoms. The Kier molecular flexibility index (Phi) is 8.64. The number of hydrogen-bond donors (Lipinski definition) is 1. The van der Waals surface area contributed by atoms with E-state index in [0.717, 1.165) is 0 Å². The number of hydrogen-bond acceptors (Lipinski definition) is 6. The van der Waals surface area contributed by atoms with Gasteiger partial charge in [0.05, 0.1) is 29.9 Å². The molecule has 0 bridgehead atoms. The maximum Gasteiger partial charge on any atom is 0.337 e. The van der Waals surface area contributed by atoms with Crippen molar-refractivity contribution in [2.75, 3.05) is 19.0 Å². The normalized spacial score (nSPS) is 10.9. The zero-order chi connectivity index (χ0) is 23.0. The number of benzene rings is 2. The van der Waals surface area contributed by atoms with Crippen molar-refractivity contribution in [3.63, 3.8) is 0 Å². The number of amides is 1. The molecule has 2 aromatic rings. The quantitative estimate of drug-likeness (QED) is 0.321. The molecule has 1 amide bonds. The number of methoxy groups -OCH3 is 1. The second-order valence-electron chi connectivity index (χ2n) is 6.62. The Balaban J connectivity index is 2.28. The van der Waals surface area contributed by atoms with Crippen LogP contribution in [0, 0.1) is 11.3 Å². The molecule has 0 unspecified atom stereocenters. The first-order valence-corrected chi connectivity index (χ1v) is 10.3. The van der Waals surface area contributed by atoms with E-state index in [4.69, 9.17) is 9.47 Å². The molecule has 0 aromatic heterocycles. The van der Waals surface area contributed by atoms with Crippen molar-refractivity contribution in [1.29, 1.82) is 5.26 Å². The van der Waals surface area contributed by atoms with Crippen LogP contribution in [0.15, 0.2) is 46.4 Å². The Morgan fingerprint density at radius 3 is 2.45 bits per heavy atom. The standard InChI is InChI=1S/C23H23BrN2O5/c1-5-30-20-12-15(11-19(24)21(20)31-14(2)3)10-17(13-25)22(27)26-18-8-6-16(7-9-18)23(28)29-4/h6-12,14H,5H2,1-4H3,(H,26,27)/b17-10+. The fourth-order valence-electron chi connectivity index (χ4n) is 2.61. The van der Waals surface area contributed by atoms with E-state index in [1.807, 2.05) is 26.8 Å². The Morgan fingerprint density at radius 1 is 1.23 bits per heavy atom. The molecule has 2 aromatic carbocycles. The maximum absolute atomic E-state index is 12.6. The monoisotopic (exact) mass is 486 g/mol. The lowest BCUT2D eigenvalue weighted by Crippen LogP contribution is -2.13. The van der Waals surface area contributed by atoms with Gasteiger partial charge in [-0.1, -0.05) is 0 Å². The number of nitrogens with one attached hydrogen (secondary N) is 1. The number of carbonyl (C=O) groups is 2. The van der Waals surface area contributed by atoms with E-state index in [0.29, 0.717) is 39.4 Å². The van der Waals surface area contributed by atoms with Gasteiger partial charge in [0.1, 0.15) is 11.6 Å². The van der Waals surface area contributed by atoms with Gasteiger partial charge in [-0.05, 0) is 84.7 Å². The molecule has 2 rings (SSSR count). The van der Waals surface area contributed by atoms with E-state index < -0.39 is 11.9 Å². The molecule has 0 radical (unpaired) electrons. The van der Waals surface area contributed by atoms with Crippen molar-refractivity contribution in [3.8, 4) is 17.6 Å². The third kappa shape index (κ3) is 6.59. The zero-order valence-corrected chi connectivity index (χ0v) is 19.3. The highest BCUT2D eigenvalue weighted by Crippen LogP contribution is 2.38. The molecular weight excluding hydrogens is 464 g/mol. The van der Waals surface area contributed by atoms with Gasteiger partial charge in [0.25, 0.3) is 5.91 Å². The van der Waals surface area contributed by atoms with Crippen LogP contribution in [0.4, 0.5) is 5.69 Å². The van der Waals surface area contributed by atoms with Crippen molar-refractivity contribution >= 4 is 39.6 Å². The molecule has 0 saturated heterocycles. The van der Waals surface area contributed by atoms with E-state index in [1.165, 1.54) is 25.3 Å². The van der Waals surface area contributed by atoms with Gasteiger partial charge >= 0.3 is 5.97 Å². The number of carbonyl (C=O) groups excluding carboxylic acids is 2. The highest BCUT2D eigenvalue weighted by atomic mass is 79.9. The predicted octanol–water partition coefficient (Wildman–Crippen LogP) is 4.97. The lowest BCUT2D eigenvalue weighted by Gasteiger charge is -2.17. The summed E-state index contributed by atoms with van der Waals surface area (Å²) in [6, 6.07) is 11.5. The minimum atomic E-state index is -0.579. The number of nitrogens with zero attached hydrogens (tertiary/aromatic N) is 1. The minimum absolute atomic E-state index is 0.0529. The van der Waals surface area contributed by atoms with Crippen LogP contribution in [0.2, 0.25) is 0 Å². The number of nitriles is 1. The molecule has 1 N–H and O–H groups in total. The molecule has 31 heavy (non-hydrogen) atoms. The van der Waals surface area contributed by atoms with Crippen LogP contribution in [0.3, 0.4) is 0 Å². The summed E-state index contributed by atoms with van der Waals surface area (Å²) >= 11 is 3.47. The molecular formula is C23H23BrN2O5. The maximum atomic E-state index is 12.6. The third-order valence-corrected chi connectivity index (χ3v) is 4.51. The van der Waals surface area contributed by atoms with Crippen LogP contribution >= 0.6 is 15.9 Å². The lowest BCUT2D eigenvalue weighted by atomic mass is 10.1. The second-order valence-corrected chi connectivity index (χ2v) is 7.48. The summed E-state index contributed by atoms with van der Waals surface area (Å²) in [5.74, 6) is 0.0107. The van der Waals surface area contributed by atoms with Crippen LogP contribution in [0.5, 0.6) is 11.5 Å². The van der Waals surface area contributed by atoms with Crippen molar-refractivity contribution in [2.24, 2.45) is 0 Å². The Hall–Kier alpha value is -3.31. The first-order chi connectivity index (χ1) is 14.8. The summed E-state index contributed by atoms with van der Waals surface area (Å²) in [4.78, 5) is 24.1. The lowest BCUT2D eigenvalue weighted by molar-refractivity contribution is -0.112. The zero-order valence-electron chi connectivity index (χ0n) is 17.7. The molecule has 0 aliphatic rings. The fraction of sp³-hybridized carbons (Fsp3) is 0.261. The smallest absolute Gasteiger partial charge is 0.337 e. The molecule has 7 nitrogen and oxygen atoms in total. The highest BCUT2D eigenvalue weighted by molar-refractivity contribution is 9.10. The SMILES string of the molecule is CCOc1cc(/C=C(\C#N)C(=O)Nc2ccc(C(=O)OC)cc2)cc(Br)c1OC(C)C. The number of ether oxygens (including phenoxy) is 3. The third-order valence-electron chi connectivity index (χ3n) is 3.93. The van der Waals surface area contributed by atoms with Crippen LogP contribution in [0.1, 0.15) is 36.7 Å². The Morgan fingerprint density at radius 2 is 1.90 bits per heavy atom. The number of esters is 1. The summed E-state index contributed by atoms with van der Waals surface area (Å²) in [6.45, 7) is 6.11. The van der Waals surface area contributed by atoms with Crippen LogP contribution < -0.4 is 14.8 Å². The van der Waals surface area contributed by atoms with Crippen molar-refractivity contribution in [1.82, 2.24) is 0 Å². The van der Waals surface area contributed by atoms with Crippen molar-refractivity contribution in [2.45, 2.75) is 26.9 Å². The summed E-state index contributed by atoms with van der Waals surface area (Å²) < 4.78 is 16.8. The summed E-state index contributed by atoms with van der Waals surface area (Å²) in [5, 5.41) is 12.1. The summed E-state index contributed by atoms with van der Waals surface area (Å²) in [6.07, 6.45) is 1.41. The highest BCUT2D eigenvalue weighted by Gasteiger charge is 2.15. The van der Waals surface area contributed by atoms with E-state index in [9.17, 15) is 14.9 Å². The molecule has 0 heterocycles. The van der Waals surface area contributed by atoms with Gasteiger partial charge in [-0.25, -0.2) is 4.79 Å². The molecule has 0 aliphatic heterocycles. The van der Waals surface area contributed by atoms with Gasteiger partial charge in [-0.15, -0.1) is 0 Å². The summed E-state index contributed by atoms with van der Waals surface area (Å²) in [5.41, 5.74) is 1.30. The van der Waals surface area contributed by atoms with Gasteiger partial charge in [0, 0.05) is 5.69 Å². The van der Waals surface area contributed by atoms with Crippen molar-refractivity contribution in [3.05, 3.63) is 57.6 Å². The van der Waals surface area contributed by atoms with E-state index in [-0.39, 0.29) is 11.7 Å².